The molecule has 0 aliphatic rings. The van der Waals surface area contributed by atoms with Crippen LogP contribution in [0.5, 0.6) is 0 Å². The number of aryl methyl sites for hydroxylation is 1. The number of nitrogens with one attached hydrogen (secondary N) is 1. The summed E-state index contributed by atoms with van der Waals surface area (Å²) in [6, 6.07) is 17.7. The lowest BCUT2D eigenvalue weighted by molar-refractivity contribution is -0.115. The van der Waals surface area contributed by atoms with Gasteiger partial charge in [-0.25, -0.2) is 9.97 Å². The average molecular weight is 392 g/mol. The first-order chi connectivity index (χ1) is 13.2. The summed E-state index contributed by atoms with van der Waals surface area (Å²) in [4.78, 5) is 21.4. The van der Waals surface area contributed by atoms with Gasteiger partial charge in [0.25, 0.3) is 0 Å². The Bertz CT molecular complexity index is 1050. The molecule has 2 aromatic carbocycles. The highest BCUT2D eigenvalue weighted by Crippen LogP contribution is 2.25. The molecule has 27 heavy (non-hydrogen) atoms. The Morgan fingerprint density at radius 3 is 2.41 bits per heavy atom. The van der Waals surface area contributed by atoms with Gasteiger partial charge < -0.3 is 5.32 Å². The SMILES string of the molecule is Cc1nc(-c2ccc(NC(=O)Cc3csc(-c4ccccc4)n3)cc2)cs1. The minimum absolute atomic E-state index is 0.0721. The number of nitrogens with zero attached hydrogens (tertiary/aromatic N) is 2. The zero-order valence-corrected chi connectivity index (χ0v) is 16.3. The fourth-order valence-corrected chi connectivity index (χ4v) is 4.14. The van der Waals surface area contributed by atoms with Crippen molar-refractivity contribution in [1.29, 1.82) is 0 Å². The second kappa shape index (κ2) is 7.82. The van der Waals surface area contributed by atoms with Crippen LogP contribution in [0.4, 0.5) is 5.69 Å². The van der Waals surface area contributed by atoms with E-state index in [0.29, 0.717) is 0 Å². The van der Waals surface area contributed by atoms with Crippen molar-refractivity contribution >= 4 is 34.3 Å². The molecule has 0 atom stereocenters. The number of carbonyl (C=O) groups is 1. The summed E-state index contributed by atoms with van der Waals surface area (Å²) in [6.07, 6.45) is 0.260. The molecular formula is C21H17N3OS2. The van der Waals surface area contributed by atoms with Gasteiger partial charge in [0.05, 0.1) is 22.8 Å². The molecule has 1 amide bonds. The number of amides is 1. The van der Waals surface area contributed by atoms with Crippen molar-refractivity contribution in [3.05, 3.63) is 76.1 Å². The normalized spacial score (nSPS) is 10.7. The van der Waals surface area contributed by atoms with Crippen LogP contribution in [0.25, 0.3) is 21.8 Å². The summed E-state index contributed by atoms with van der Waals surface area (Å²) in [5, 5.41) is 8.88. The van der Waals surface area contributed by atoms with Gasteiger partial charge in [0.1, 0.15) is 5.01 Å². The van der Waals surface area contributed by atoms with Crippen LogP contribution in [-0.2, 0) is 11.2 Å². The number of hydrogen-bond acceptors (Lipinski definition) is 5. The number of aromatic nitrogens is 2. The highest BCUT2D eigenvalue weighted by molar-refractivity contribution is 7.13. The van der Waals surface area contributed by atoms with E-state index in [2.05, 4.69) is 15.3 Å². The molecule has 0 fully saturated rings. The number of carbonyl (C=O) groups excluding carboxylic acids is 1. The van der Waals surface area contributed by atoms with Crippen LogP contribution in [0.15, 0.2) is 65.4 Å². The number of anilines is 1. The monoisotopic (exact) mass is 391 g/mol. The van der Waals surface area contributed by atoms with Crippen molar-refractivity contribution in [2.24, 2.45) is 0 Å². The Morgan fingerprint density at radius 1 is 0.926 bits per heavy atom. The van der Waals surface area contributed by atoms with E-state index in [1.165, 1.54) is 0 Å². The van der Waals surface area contributed by atoms with E-state index in [0.717, 1.165) is 38.2 Å². The third-order valence-electron chi connectivity index (χ3n) is 4.00. The van der Waals surface area contributed by atoms with Crippen LogP contribution in [0.2, 0.25) is 0 Å². The van der Waals surface area contributed by atoms with Crippen LogP contribution < -0.4 is 5.32 Å². The highest BCUT2D eigenvalue weighted by atomic mass is 32.1. The highest BCUT2D eigenvalue weighted by Gasteiger charge is 2.10. The molecule has 134 valence electrons. The van der Waals surface area contributed by atoms with Crippen LogP contribution >= 0.6 is 22.7 Å². The Morgan fingerprint density at radius 2 is 1.70 bits per heavy atom. The maximum atomic E-state index is 12.3. The second-order valence-electron chi connectivity index (χ2n) is 6.06. The van der Waals surface area contributed by atoms with Crippen molar-refractivity contribution in [2.45, 2.75) is 13.3 Å². The van der Waals surface area contributed by atoms with E-state index < -0.39 is 0 Å². The first kappa shape index (κ1) is 17.6. The van der Waals surface area contributed by atoms with Gasteiger partial charge in [-0.1, -0.05) is 42.5 Å². The van der Waals surface area contributed by atoms with Crippen LogP contribution in [0.3, 0.4) is 0 Å². The number of hydrogen-bond donors (Lipinski definition) is 1. The fraction of sp³-hybridized carbons (Fsp3) is 0.0952. The number of benzene rings is 2. The van der Waals surface area contributed by atoms with Gasteiger partial charge in [-0.05, 0) is 19.1 Å². The summed E-state index contributed by atoms with van der Waals surface area (Å²) in [5.74, 6) is -0.0721. The van der Waals surface area contributed by atoms with E-state index in [-0.39, 0.29) is 12.3 Å². The lowest BCUT2D eigenvalue weighted by atomic mass is 10.1. The molecule has 4 rings (SSSR count). The van der Waals surface area contributed by atoms with E-state index in [4.69, 9.17) is 0 Å². The molecule has 6 heteroatoms. The third-order valence-corrected chi connectivity index (χ3v) is 5.71. The van der Waals surface area contributed by atoms with E-state index in [1.807, 2.05) is 72.3 Å². The second-order valence-corrected chi connectivity index (χ2v) is 7.98. The van der Waals surface area contributed by atoms with Crippen molar-refractivity contribution in [3.63, 3.8) is 0 Å². The average Bonchev–Trinajstić information content (AvgIpc) is 3.32. The van der Waals surface area contributed by atoms with Crippen molar-refractivity contribution < 1.29 is 4.79 Å². The maximum absolute atomic E-state index is 12.3. The van der Waals surface area contributed by atoms with Crippen molar-refractivity contribution in [2.75, 3.05) is 5.32 Å². The molecule has 2 heterocycles. The van der Waals surface area contributed by atoms with Crippen molar-refractivity contribution in [1.82, 2.24) is 9.97 Å². The van der Waals surface area contributed by atoms with Gasteiger partial charge >= 0.3 is 0 Å². The van der Waals surface area contributed by atoms with Crippen LogP contribution in [-0.4, -0.2) is 15.9 Å². The fourth-order valence-electron chi connectivity index (χ4n) is 2.69. The summed E-state index contributed by atoms with van der Waals surface area (Å²) in [7, 11) is 0. The van der Waals surface area contributed by atoms with Crippen molar-refractivity contribution in [3.8, 4) is 21.8 Å². The smallest absolute Gasteiger partial charge is 0.230 e. The lowest BCUT2D eigenvalue weighted by Gasteiger charge is -2.05. The Hall–Kier alpha value is -2.83. The first-order valence-corrected chi connectivity index (χ1v) is 10.3. The standard InChI is InChI=1S/C21H17N3OS2/c1-14-22-19(13-26-14)15-7-9-17(10-8-15)23-20(25)11-18-12-27-21(24-18)16-5-3-2-4-6-16/h2-10,12-13H,11H2,1H3,(H,23,25). The molecule has 0 saturated carbocycles. The molecule has 2 aromatic heterocycles. The topological polar surface area (TPSA) is 54.9 Å². The molecule has 1 N–H and O–H groups in total. The molecule has 0 saturated heterocycles. The zero-order valence-electron chi connectivity index (χ0n) is 14.7. The van der Waals surface area contributed by atoms with Gasteiger partial charge in [-0.2, -0.15) is 0 Å². The summed E-state index contributed by atoms with van der Waals surface area (Å²) in [5.41, 5.74) is 4.64. The molecule has 0 aliphatic carbocycles. The predicted octanol–water partition coefficient (Wildman–Crippen LogP) is 5.42. The van der Waals surface area contributed by atoms with Crippen LogP contribution in [0, 0.1) is 6.92 Å². The summed E-state index contributed by atoms with van der Waals surface area (Å²) in [6.45, 7) is 1.99. The molecule has 4 nitrogen and oxygen atoms in total. The Kier molecular flexibility index (Phi) is 5.09. The quantitative estimate of drug-likeness (QED) is 0.494. The largest absolute Gasteiger partial charge is 0.326 e. The van der Waals surface area contributed by atoms with Gasteiger partial charge in [0, 0.05) is 27.6 Å². The molecule has 0 radical (unpaired) electrons. The maximum Gasteiger partial charge on any atom is 0.230 e. The third kappa shape index (κ3) is 4.30. The first-order valence-electron chi connectivity index (χ1n) is 8.49. The molecule has 0 spiro atoms. The molecule has 0 aliphatic heterocycles. The van der Waals surface area contributed by atoms with E-state index in [1.54, 1.807) is 22.7 Å². The zero-order chi connectivity index (χ0) is 18.6. The van der Waals surface area contributed by atoms with E-state index >= 15 is 0 Å². The lowest BCUT2D eigenvalue weighted by Crippen LogP contribution is -2.14. The van der Waals surface area contributed by atoms with Crippen LogP contribution in [0.1, 0.15) is 10.7 Å². The summed E-state index contributed by atoms with van der Waals surface area (Å²) >= 11 is 3.18. The van der Waals surface area contributed by atoms with Gasteiger partial charge in [0.15, 0.2) is 0 Å². The minimum atomic E-state index is -0.0721. The summed E-state index contributed by atoms with van der Waals surface area (Å²) < 4.78 is 0. The molecular weight excluding hydrogens is 374 g/mol. The number of rotatable bonds is 5. The predicted molar refractivity (Wildman–Crippen MR) is 112 cm³/mol. The Labute approximate surface area is 165 Å². The van der Waals surface area contributed by atoms with Gasteiger partial charge in [-0.15, -0.1) is 22.7 Å². The Balaban J connectivity index is 1.39. The van der Waals surface area contributed by atoms with Gasteiger partial charge in [-0.3, -0.25) is 4.79 Å². The van der Waals surface area contributed by atoms with E-state index in [9.17, 15) is 4.79 Å². The van der Waals surface area contributed by atoms with Gasteiger partial charge in [0.2, 0.25) is 5.91 Å². The molecule has 0 bridgehead atoms. The molecule has 0 unspecified atom stereocenters. The molecule has 4 aromatic rings. The number of thiazole rings is 2. The minimum Gasteiger partial charge on any atom is -0.326 e.